The highest BCUT2D eigenvalue weighted by Gasteiger charge is 2.15. The third-order valence-corrected chi connectivity index (χ3v) is 2.89. The average molecular weight is 242 g/mol. The van der Waals surface area contributed by atoms with Gasteiger partial charge in [0.25, 0.3) is 0 Å². The third-order valence-electron chi connectivity index (χ3n) is 2.89. The summed E-state index contributed by atoms with van der Waals surface area (Å²) in [6.07, 6.45) is 1.62. The summed E-state index contributed by atoms with van der Waals surface area (Å²) in [6, 6.07) is 5.79. The van der Waals surface area contributed by atoms with Crippen LogP contribution in [-0.4, -0.2) is 10.2 Å². The number of aromatic nitrogens is 2. The molecule has 5 heteroatoms. The molecule has 1 unspecified atom stereocenters. The van der Waals surface area contributed by atoms with Gasteiger partial charge in [0.1, 0.15) is 17.4 Å². The summed E-state index contributed by atoms with van der Waals surface area (Å²) in [7, 11) is 0. The monoisotopic (exact) mass is 242 g/mol. The minimum Gasteiger partial charge on any atom is -0.467 e. The van der Waals surface area contributed by atoms with Crippen LogP contribution in [-0.2, 0) is 0 Å². The molecule has 0 aliphatic heterocycles. The van der Waals surface area contributed by atoms with Gasteiger partial charge in [-0.15, -0.1) is 5.10 Å². The average Bonchev–Trinajstić information content (AvgIpc) is 2.88. The number of aryl methyl sites for hydroxylation is 1. The van der Waals surface area contributed by atoms with E-state index in [4.69, 9.17) is 4.42 Å². The summed E-state index contributed by atoms with van der Waals surface area (Å²) < 4.78 is 5.30. The smallest absolute Gasteiger partial charge is 0.167 e. The van der Waals surface area contributed by atoms with Gasteiger partial charge in [-0.3, -0.25) is 0 Å². The molecule has 0 saturated heterocycles. The van der Waals surface area contributed by atoms with Crippen LogP contribution >= 0.6 is 0 Å². The van der Waals surface area contributed by atoms with Gasteiger partial charge in [0.15, 0.2) is 5.82 Å². The lowest BCUT2D eigenvalue weighted by Crippen LogP contribution is -2.11. The molecular weight excluding hydrogens is 228 g/mol. The lowest BCUT2D eigenvalue weighted by Gasteiger charge is -2.14. The molecule has 0 bridgehead atoms. The van der Waals surface area contributed by atoms with Crippen LogP contribution in [0, 0.1) is 25.2 Å². The molecule has 0 aliphatic carbocycles. The predicted octanol–water partition coefficient (Wildman–Crippen LogP) is 2.73. The van der Waals surface area contributed by atoms with Gasteiger partial charge in [0, 0.05) is 0 Å². The number of furan rings is 1. The Kier molecular flexibility index (Phi) is 3.28. The zero-order chi connectivity index (χ0) is 13.1. The second kappa shape index (κ2) is 4.88. The Morgan fingerprint density at radius 3 is 2.78 bits per heavy atom. The van der Waals surface area contributed by atoms with Crippen molar-refractivity contribution >= 4 is 5.82 Å². The summed E-state index contributed by atoms with van der Waals surface area (Å²) in [5.41, 5.74) is 2.14. The van der Waals surface area contributed by atoms with E-state index in [0.29, 0.717) is 11.4 Å². The molecule has 0 spiro atoms. The highest BCUT2D eigenvalue weighted by molar-refractivity contribution is 5.56. The summed E-state index contributed by atoms with van der Waals surface area (Å²) in [5, 5.41) is 20.4. The highest BCUT2D eigenvalue weighted by atomic mass is 16.3. The number of anilines is 1. The van der Waals surface area contributed by atoms with Crippen LogP contribution in [0.1, 0.15) is 35.5 Å². The quantitative estimate of drug-likeness (QED) is 0.895. The normalized spacial score (nSPS) is 11.9. The summed E-state index contributed by atoms with van der Waals surface area (Å²) in [6.45, 7) is 5.64. The largest absolute Gasteiger partial charge is 0.467 e. The van der Waals surface area contributed by atoms with Crippen molar-refractivity contribution in [1.29, 1.82) is 5.26 Å². The SMILES string of the molecule is Cc1nnc(NC(C)c2ccco2)c(C#N)c1C. The Balaban J connectivity index is 2.30. The zero-order valence-corrected chi connectivity index (χ0v) is 10.6. The number of nitrogens with one attached hydrogen (secondary N) is 1. The molecule has 2 rings (SSSR count). The number of rotatable bonds is 3. The summed E-state index contributed by atoms with van der Waals surface area (Å²) >= 11 is 0. The van der Waals surface area contributed by atoms with Crippen molar-refractivity contribution in [2.45, 2.75) is 26.8 Å². The maximum Gasteiger partial charge on any atom is 0.167 e. The van der Waals surface area contributed by atoms with E-state index in [0.717, 1.165) is 17.0 Å². The number of hydrogen-bond donors (Lipinski definition) is 1. The van der Waals surface area contributed by atoms with E-state index in [1.165, 1.54) is 0 Å². The van der Waals surface area contributed by atoms with Crippen LogP contribution in [0.3, 0.4) is 0 Å². The van der Waals surface area contributed by atoms with Crippen molar-refractivity contribution < 1.29 is 4.42 Å². The number of nitriles is 1. The molecule has 2 aromatic heterocycles. The molecule has 0 fully saturated rings. The Morgan fingerprint density at radius 2 is 2.17 bits per heavy atom. The van der Waals surface area contributed by atoms with Gasteiger partial charge in [0.2, 0.25) is 0 Å². The van der Waals surface area contributed by atoms with Crippen LogP contribution < -0.4 is 5.32 Å². The minimum absolute atomic E-state index is 0.0662. The van der Waals surface area contributed by atoms with E-state index in [9.17, 15) is 5.26 Å². The Morgan fingerprint density at radius 1 is 1.39 bits per heavy atom. The van der Waals surface area contributed by atoms with Crippen LogP contribution in [0.2, 0.25) is 0 Å². The van der Waals surface area contributed by atoms with Gasteiger partial charge in [-0.1, -0.05) is 0 Å². The van der Waals surface area contributed by atoms with Crippen molar-refractivity contribution in [3.05, 3.63) is 41.0 Å². The minimum atomic E-state index is -0.0662. The summed E-state index contributed by atoms with van der Waals surface area (Å²) in [5.74, 6) is 1.28. The lowest BCUT2D eigenvalue weighted by molar-refractivity contribution is 0.490. The molecule has 5 nitrogen and oxygen atoms in total. The Bertz CT molecular complexity index is 584. The van der Waals surface area contributed by atoms with Gasteiger partial charge in [-0.2, -0.15) is 10.4 Å². The van der Waals surface area contributed by atoms with Crippen LogP contribution in [0.25, 0.3) is 0 Å². The maximum absolute atomic E-state index is 9.19. The molecule has 0 saturated carbocycles. The van der Waals surface area contributed by atoms with E-state index in [-0.39, 0.29) is 6.04 Å². The number of nitrogens with zero attached hydrogens (tertiary/aromatic N) is 3. The molecule has 92 valence electrons. The van der Waals surface area contributed by atoms with E-state index >= 15 is 0 Å². The molecule has 2 heterocycles. The van der Waals surface area contributed by atoms with Crippen molar-refractivity contribution in [2.24, 2.45) is 0 Å². The van der Waals surface area contributed by atoms with E-state index in [1.807, 2.05) is 32.9 Å². The zero-order valence-electron chi connectivity index (χ0n) is 10.6. The first-order chi connectivity index (χ1) is 8.63. The first-order valence-corrected chi connectivity index (χ1v) is 5.67. The predicted molar refractivity (Wildman–Crippen MR) is 67.0 cm³/mol. The standard InChI is InChI=1S/C13H14N4O/c1-8-9(2)16-17-13(11(8)7-14)15-10(3)12-5-4-6-18-12/h4-6,10H,1-3H3,(H,15,17). The van der Waals surface area contributed by atoms with E-state index in [2.05, 4.69) is 21.6 Å². The molecule has 1 atom stereocenters. The summed E-state index contributed by atoms with van der Waals surface area (Å²) in [4.78, 5) is 0. The van der Waals surface area contributed by atoms with Crippen molar-refractivity contribution in [3.63, 3.8) is 0 Å². The van der Waals surface area contributed by atoms with Gasteiger partial charge < -0.3 is 9.73 Å². The lowest BCUT2D eigenvalue weighted by atomic mass is 10.1. The Labute approximate surface area is 105 Å². The van der Waals surface area contributed by atoms with Crippen molar-refractivity contribution in [3.8, 4) is 6.07 Å². The molecule has 0 radical (unpaired) electrons. The van der Waals surface area contributed by atoms with E-state index < -0.39 is 0 Å². The molecule has 0 amide bonds. The molecule has 1 N–H and O–H groups in total. The molecule has 18 heavy (non-hydrogen) atoms. The fourth-order valence-electron chi connectivity index (χ4n) is 1.66. The van der Waals surface area contributed by atoms with Crippen molar-refractivity contribution in [2.75, 3.05) is 5.32 Å². The molecule has 2 aromatic rings. The van der Waals surface area contributed by atoms with Gasteiger partial charge in [-0.25, -0.2) is 0 Å². The topological polar surface area (TPSA) is 74.7 Å². The third kappa shape index (κ3) is 2.18. The fraction of sp³-hybridized carbons (Fsp3) is 0.308. The second-order valence-electron chi connectivity index (χ2n) is 4.13. The Hall–Kier alpha value is -2.35. The van der Waals surface area contributed by atoms with Crippen LogP contribution in [0.4, 0.5) is 5.82 Å². The molecule has 0 aliphatic rings. The second-order valence-corrected chi connectivity index (χ2v) is 4.13. The number of hydrogen-bond acceptors (Lipinski definition) is 5. The van der Waals surface area contributed by atoms with E-state index in [1.54, 1.807) is 6.26 Å². The highest BCUT2D eigenvalue weighted by Crippen LogP contribution is 2.22. The molecule has 0 aromatic carbocycles. The van der Waals surface area contributed by atoms with Crippen molar-refractivity contribution in [1.82, 2.24) is 10.2 Å². The molecular formula is C13H14N4O. The van der Waals surface area contributed by atoms with Gasteiger partial charge in [0.05, 0.1) is 18.0 Å². The maximum atomic E-state index is 9.19. The van der Waals surface area contributed by atoms with Crippen LogP contribution in [0.5, 0.6) is 0 Å². The van der Waals surface area contributed by atoms with Gasteiger partial charge in [-0.05, 0) is 38.5 Å². The van der Waals surface area contributed by atoms with Crippen LogP contribution in [0.15, 0.2) is 22.8 Å². The first-order valence-electron chi connectivity index (χ1n) is 5.67. The van der Waals surface area contributed by atoms with Gasteiger partial charge >= 0.3 is 0 Å². The fourth-order valence-corrected chi connectivity index (χ4v) is 1.66. The first kappa shape index (κ1) is 12.1.